The lowest BCUT2D eigenvalue weighted by Gasteiger charge is -2.24. The van der Waals surface area contributed by atoms with Gasteiger partial charge in [0, 0.05) is 12.5 Å². The molecule has 1 aromatic carbocycles. The highest BCUT2D eigenvalue weighted by molar-refractivity contribution is 5.68. The predicted octanol–water partition coefficient (Wildman–Crippen LogP) is 1.87. The molecule has 1 N–H and O–H groups in total. The van der Waals surface area contributed by atoms with Crippen molar-refractivity contribution in [1.82, 2.24) is 5.32 Å². The van der Waals surface area contributed by atoms with Gasteiger partial charge in [-0.15, -0.1) is 0 Å². The highest BCUT2D eigenvalue weighted by Gasteiger charge is 2.21. The molecule has 2 rings (SSSR count). The van der Waals surface area contributed by atoms with E-state index in [9.17, 15) is 4.79 Å². The van der Waals surface area contributed by atoms with Crippen molar-refractivity contribution in [3.63, 3.8) is 0 Å². The Labute approximate surface area is 99.7 Å². The van der Waals surface area contributed by atoms with Crippen LogP contribution in [0.25, 0.3) is 0 Å². The van der Waals surface area contributed by atoms with E-state index in [1.54, 1.807) is 20.3 Å². The maximum atomic E-state index is 11.2. The third kappa shape index (κ3) is 2.61. The number of amides is 1. The third-order valence-corrected chi connectivity index (χ3v) is 2.71. The summed E-state index contributed by atoms with van der Waals surface area (Å²) >= 11 is 0. The van der Waals surface area contributed by atoms with Gasteiger partial charge in [0.25, 0.3) is 0 Å². The van der Waals surface area contributed by atoms with Gasteiger partial charge in [0.05, 0.1) is 26.9 Å². The van der Waals surface area contributed by atoms with Crippen molar-refractivity contribution in [1.29, 1.82) is 0 Å². The van der Waals surface area contributed by atoms with Crippen molar-refractivity contribution < 1.29 is 19.0 Å². The maximum absolute atomic E-state index is 11.2. The Kier molecular flexibility index (Phi) is 3.37. The fraction of sp³-hybridized carbons (Fsp3) is 0.417. The van der Waals surface area contributed by atoms with Gasteiger partial charge in [-0.3, -0.25) is 0 Å². The van der Waals surface area contributed by atoms with Crippen LogP contribution in [-0.2, 0) is 4.74 Å². The van der Waals surface area contributed by atoms with Crippen molar-refractivity contribution in [2.45, 2.75) is 12.5 Å². The SMILES string of the molecule is COc1cc(OC)cc([C@@H]2CCOC(=O)N2)c1. The van der Waals surface area contributed by atoms with Gasteiger partial charge >= 0.3 is 6.09 Å². The van der Waals surface area contributed by atoms with Crippen molar-refractivity contribution >= 4 is 6.09 Å². The van der Waals surface area contributed by atoms with Crippen LogP contribution in [-0.4, -0.2) is 26.9 Å². The van der Waals surface area contributed by atoms with Crippen molar-refractivity contribution in [3.8, 4) is 11.5 Å². The number of cyclic esters (lactones) is 1. The Morgan fingerprint density at radius 1 is 1.24 bits per heavy atom. The number of nitrogens with one attached hydrogen (secondary N) is 1. The average Bonchev–Trinajstić information content (AvgIpc) is 2.38. The first-order valence-corrected chi connectivity index (χ1v) is 5.39. The summed E-state index contributed by atoms with van der Waals surface area (Å²) in [6, 6.07) is 5.52. The number of benzene rings is 1. The van der Waals surface area contributed by atoms with Gasteiger partial charge < -0.3 is 19.5 Å². The quantitative estimate of drug-likeness (QED) is 0.872. The summed E-state index contributed by atoms with van der Waals surface area (Å²) in [5.74, 6) is 1.42. The van der Waals surface area contributed by atoms with E-state index in [-0.39, 0.29) is 12.1 Å². The van der Waals surface area contributed by atoms with Gasteiger partial charge in [-0.25, -0.2) is 4.79 Å². The van der Waals surface area contributed by atoms with E-state index in [0.717, 1.165) is 12.0 Å². The summed E-state index contributed by atoms with van der Waals surface area (Å²) in [6.45, 7) is 0.427. The molecule has 5 heteroatoms. The summed E-state index contributed by atoms with van der Waals surface area (Å²) in [6.07, 6.45) is 0.352. The molecule has 92 valence electrons. The molecule has 0 aliphatic carbocycles. The zero-order valence-corrected chi connectivity index (χ0v) is 9.86. The first kappa shape index (κ1) is 11.6. The summed E-state index contributed by atoms with van der Waals surface area (Å²) in [5.41, 5.74) is 0.956. The van der Waals surface area contributed by atoms with Gasteiger partial charge in [-0.2, -0.15) is 0 Å². The largest absolute Gasteiger partial charge is 0.497 e. The zero-order valence-electron chi connectivity index (χ0n) is 9.86. The highest BCUT2D eigenvalue weighted by Crippen LogP contribution is 2.29. The van der Waals surface area contributed by atoms with Crippen LogP contribution in [0.1, 0.15) is 18.0 Å². The maximum Gasteiger partial charge on any atom is 0.407 e. The molecule has 1 heterocycles. The van der Waals surface area contributed by atoms with Gasteiger partial charge in [0.1, 0.15) is 11.5 Å². The molecular weight excluding hydrogens is 222 g/mol. The fourth-order valence-corrected chi connectivity index (χ4v) is 1.81. The molecule has 1 atom stereocenters. The number of rotatable bonds is 3. The molecule has 0 aromatic heterocycles. The number of methoxy groups -OCH3 is 2. The predicted molar refractivity (Wildman–Crippen MR) is 61.4 cm³/mol. The van der Waals surface area contributed by atoms with Crippen LogP contribution in [0, 0.1) is 0 Å². The summed E-state index contributed by atoms with van der Waals surface area (Å²) < 4.78 is 15.2. The molecule has 0 spiro atoms. The Balaban J connectivity index is 2.26. The molecule has 17 heavy (non-hydrogen) atoms. The third-order valence-electron chi connectivity index (χ3n) is 2.71. The Bertz CT molecular complexity index is 397. The van der Waals surface area contributed by atoms with E-state index >= 15 is 0 Å². The Hall–Kier alpha value is -1.91. The summed E-state index contributed by atoms with van der Waals surface area (Å²) in [4.78, 5) is 11.2. The number of carbonyl (C=O) groups is 1. The van der Waals surface area contributed by atoms with Crippen LogP contribution in [0.5, 0.6) is 11.5 Å². The van der Waals surface area contributed by atoms with Crippen LogP contribution in [0.3, 0.4) is 0 Å². The molecular formula is C12H15NO4. The van der Waals surface area contributed by atoms with E-state index < -0.39 is 0 Å². The number of carbonyl (C=O) groups excluding carboxylic acids is 1. The number of hydrogen-bond acceptors (Lipinski definition) is 4. The van der Waals surface area contributed by atoms with E-state index in [2.05, 4.69) is 5.32 Å². The lowest BCUT2D eigenvalue weighted by atomic mass is 10.0. The topological polar surface area (TPSA) is 56.8 Å². The standard InChI is InChI=1S/C12H15NO4/c1-15-9-5-8(6-10(7-9)16-2)11-3-4-17-12(14)13-11/h5-7,11H,3-4H2,1-2H3,(H,13,14)/t11-/m0/s1. The molecule has 1 aliphatic rings. The van der Waals surface area contributed by atoms with Gasteiger partial charge in [-0.1, -0.05) is 0 Å². The smallest absolute Gasteiger partial charge is 0.407 e. The summed E-state index contributed by atoms with van der Waals surface area (Å²) in [5, 5.41) is 2.76. The lowest BCUT2D eigenvalue weighted by Crippen LogP contribution is -2.35. The minimum absolute atomic E-state index is 0.0553. The van der Waals surface area contributed by atoms with E-state index in [1.807, 2.05) is 12.1 Å². The highest BCUT2D eigenvalue weighted by atomic mass is 16.6. The Morgan fingerprint density at radius 3 is 2.41 bits per heavy atom. The molecule has 0 saturated carbocycles. The molecule has 1 aliphatic heterocycles. The average molecular weight is 237 g/mol. The molecule has 1 amide bonds. The first-order valence-electron chi connectivity index (χ1n) is 5.39. The fourth-order valence-electron chi connectivity index (χ4n) is 1.81. The molecule has 0 radical (unpaired) electrons. The second kappa shape index (κ2) is 4.95. The summed E-state index contributed by atoms with van der Waals surface area (Å²) in [7, 11) is 3.20. The van der Waals surface area contributed by atoms with E-state index in [0.29, 0.717) is 18.1 Å². The zero-order chi connectivity index (χ0) is 12.3. The lowest BCUT2D eigenvalue weighted by molar-refractivity contribution is 0.115. The van der Waals surface area contributed by atoms with Crippen molar-refractivity contribution in [2.75, 3.05) is 20.8 Å². The number of alkyl carbamates (subject to hydrolysis) is 1. The van der Waals surface area contributed by atoms with Crippen LogP contribution >= 0.6 is 0 Å². The molecule has 0 unspecified atom stereocenters. The molecule has 1 aromatic rings. The van der Waals surface area contributed by atoms with Crippen LogP contribution in [0.15, 0.2) is 18.2 Å². The number of hydrogen-bond donors (Lipinski definition) is 1. The molecule has 0 bridgehead atoms. The van der Waals surface area contributed by atoms with Gasteiger partial charge in [-0.05, 0) is 17.7 Å². The second-order valence-corrected chi connectivity index (χ2v) is 3.77. The van der Waals surface area contributed by atoms with Crippen LogP contribution in [0.4, 0.5) is 4.79 Å². The van der Waals surface area contributed by atoms with E-state index in [1.165, 1.54) is 0 Å². The second-order valence-electron chi connectivity index (χ2n) is 3.77. The van der Waals surface area contributed by atoms with Crippen LogP contribution < -0.4 is 14.8 Å². The van der Waals surface area contributed by atoms with Crippen molar-refractivity contribution in [2.24, 2.45) is 0 Å². The number of ether oxygens (including phenoxy) is 3. The Morgan fingerprint density at radius 2 is 1.88 bits per heavy atom. The van der Waals surface area contributed by atoms with Crippen molar-refractivity contribution in [3.05, 3.63) is 23.8 Å². The van der Waals surface area contributed by atoms with Gasteiger partial charge in [0.2, 0.25) is 0 Å². The monoisotopic (exact) mass is 237 g/mol. The van der Waals surface area contributed by atoms with E-state index in [4.69, 9.17) is 14.2 Å². The molecule has 1 fully saturated rings. The normalized spacial score (nSPS) is 19.2. The van der Waals surface area contributed by atoms with Gasteiger partial charge in [0.15, 0.2) is 0 Å². The minimum Gasteiger partial charge on any atom is -0.497 e. The first-order chi connectivity index (χ1) is 8.22. The minimum atomic E-state index is -0.386. The molecule has 5 nitrogen and oxygen atoms in total. The van der Waals surface area contributed by atoms with Crippen LogP contribution in [0.2, 0.25) is 0 Å². The molecule has 1 saturated heterocycles.